The molecule has 2 aromatic rings. The molecule has 6 heteroatoms. The lowest BCUT2D eigenvalue weighted by Crippen LogP contribution is -2.19. The Morgan fingerprint density at radius 1 is 1.27 bits per heavy atom. The van der Waals surface area contributed by atoms with E-state index in [0.29, 0.717) is 10.1 Å². The molecule has 0 aliphatic rings. The highest BCUT2D eigenvalue weighted by molar-refractivity contribution is 7.85. The van der Waals surface area contributed by atoms with Gasteiger partial charge in [0.2, 0.25) is 0 Å². The number of benzene rings is 2. The van der Waals surface area contributed by atoms with Gasteiger partial charge in [0.15, 0.2) is 5.05 Å². The molecule has 1 unspecified atom stereocenters. The van der Waals surface area contributed by atoms with Gasteiger partial charge in [0, 0.05) is 27.9 Å². The number of thiocarbonyl (C=S) groups is 1. The van der Waals surface area contributed by atoms with Crippen LogP contribution in [-0.2, 0) is 15.7 Å². The van der Waals surface area contributed by atoms with Gasteiger partial charge in [-0.1, -0.05) is 29.8 Å². The van der Waals surface area contributed by atoms with Gasteiger partial charge < -0.3 is 4.74 Å². The first kappa shape index (κ1) is 20.7. The van der Waals surface area contributed by atoms with Crippen LogP contribution in [0.1, 0.15) is 37.5 Å². The summed E-state index contributed by atoms with van der Waals surface area (Å²) in [5.41, 5.74) is 4.21. The Labute approximate surface area is 168 Å². The fourth-order valence-corrected chi connectivity index (χ4v) is 3.49. The highest BCUT2D eigenvalue weighted by Crippen LogP contribution is 2.35. The number of nitrogens with zero attached hydrogens (tertiary/aromatic N) is 1. The van der Waals surface area contributed by atoms with Crippen molar-refractivity contribution < 1.29 is 8.95 Å². The molecule has 0 aliphatic heterocycles. The van der Waals surface area contributed by atoms with Gasteiger partial charge in [-0.25, -0.2) is 4.21 Å². The normalized spacial score (nSPS) is 13.0. The molecular weight excluding hydrogens is 386 g/mol. The Balaban J connectivity index is 2.66. The molecule has 3 nitrogen and oxygen atoms in total. The van der Waals surface area contributed by atoms with Gasteiger partial charge in [0.1, 0.15) is 11.0 Å². The van der Waals surface area contributed by atoms with E-state index in [0.717, 1.165) is 27.8 Å². The maximum Gasteiger partial charge on any atom is 0.191 e. The molecule has 0 amide bonds. The van der Waals surface area contributed by atoms with Crippen LogP contribution in [0.15, 0.2) is 40.8 Å². The molecule has 26 heavy (non-hydrogen) atoms. The van der Waals surface area contributed by atoms with Crippen molar-refractivity contribution in [3.05, 3.63) is 58.1 Å². The van der Waals surface area contributed by atoms with Crippen LogP contribution < -0.4 is 0 Å². The summed E-state index contributed by atoms with van der Waals surface area (Å²) in [5.74, 6) is 0. The molecule has 0 aromatic heterocycles. The molecule has 0 bridgehead atoms. The second kappa shape index (κ2) is 8.42. The maximum atomic E-state index is 12.3. The predicted octanol–water partition coefficient (Wildman–Crippen LogP) is 5.52. The van der Waals surface area contributed by atoms with Crippen LogP contribution in [0, 0.1) is 6.92 Å². The molecule has 0 aliphatic carbocycles. The van der Waals surface area contributed by atoms with Gasteiger partial charge in [0.25, 0.3) is 0 Å². The van der Waals surface area contributed by atoms with E-state index in [1.54, 1.807) is 13.3 Å². The quantitative estimate of drug-likeness (QED) is 0.494. The third-order valence-corrected chi connectivity index (χ3v) is 5.71. The fraction of sp³-hybridized carbons (Fsp3) is 0.300. The molecule has 1 atom stereocenters. The van der Waals surface area contributed by atoms with Gasteiger partial charge >= 0.3 is 0 Å². The van der Waals surface area contributed by atoms with Crippen molar-refractivity contribution >= 4 is 46.1 Å². The smallest absolute Gasteiger partial charge is 0.191 e. The molecule has 0 spiro atoms. The van der Waals surface area contributed by atoms with Gasteiger partial charge in [0.05, 0.1) is 11.9 Å². The number of aryl methyl sites for hydroxylation is 1. The van der Waals surface area contributed by atoms with Crippen molar-refractivity contribution in [2.24, 2.45) is 4.40 Å². The van der Waals surface area contributed by atoms with Crippen LogP contribution in [0.3, 0.4) is 0 Å². The SMILES string of the molecule is COC(=S)c1ccccc1-c1c(Cl)cc(C)cc1/C=N/S(=O)C(C)(C)C. The van der Waals surface area contributed by atoms with Crippen molar-refractivity contribution in [3.8, 4) is 11.1 Å². The summed E-state index contributed by atoms with van der Waals surface area (Å²) in [4.78, 5) is 0. The molecule has 0 fully saturated rings. The molecule has 0 heterocycles. The van der Waals surface area contributed by atoms with Crippen LogP contribution in [0.4, 0.5) is 0 Å². The first-order chi connectivity index (χ1) is 12.1. The number of methoxy groups -OCH3 is 1. The number of halogens is 1. The fourth-order valence-electron chi connectivity index (χ4n) is 2.41. The highest BCUT2D eigenvalue weighted by atomic mass is 35.5. The summed E-state index contributed by atoms with van der Waals surface area (Å²) in [5, 5.41) is 0.970. The highest BCUT2D eigenvalue weighted by Gasteiger charge is 2.19. The summed E-state index contributed by atoms with van der Waals surface area (Å²) in [6.07, 6.45) is 1.63. The molecule has 2 rings (SSSR count). The molecule has 0 saturated heterocycles. The standard InChI is InChI=1S/C20H22ClNO2S2/c1-13-10-14(12-22-26(23)20(2,3)4)18(17(21)11-13)15-8-6-7-9-16(15)19(25)24-5/h6-12H,1-5H3/b22-12+. The summed E-state index contributed by atoms with van der Waals surface area (Å²) in [6, 6.07) is 11.5. The van der Waals surface area contributed by atoms with Crippen molar-refractivity contribution in [2.75, 3.05) is 7.11 Å². The summed E-state index contributed by atoms with van der Waals surface area (Å²) in [7, 11) is 0.191. The Kier molecular flexibility index (Phi) is 6.72. The van der Waals surface area contributed by atoms with E-state index in [-0.39, 0.29) is 0 Å². The number of hydrogen-bond donors (Lipinski definition) is 0. The minimum Gasteiger partial charge on any atom is -0.486 e. The van der Waals surface area contributed by atoms with Gasteiger partial charge in [-0.05, 0) is 69.2 Å². The molecule has 138 valence electrons. The Morgan fingerprint density at radius 3 is 2.54 bits per heavy atom. The molecule has 0 N–H and O–H groups in total. The van der Waals surface area contributed by atoms with Crippen molar-refractivity contribution in [1.82, 2.24) is 0 Å². The van der Waals surface area contributed by atoms with Gasteiger partial charge in [-0.2, -0.15) is 4.40 Å². The Morgan fingerprint density at radius 2 is 1.92 bits per heavy atom. The third-order valence-electron chi connectivity index (χ3n) is 3.68. The van der Waals surface area contributed by atoms with Crippen LogP contribution >= 0.6 is 23.8 Å². The van der Waals surface area contributed by atoms with E-state index in [4.69, 9.17) is 28.6 Å². The number of ether oxygens (including phenoxy) is 1. The van der Waals surface area contributed by atoms with Crippen molar-refractivity contribution in [2.45, 2.75) is 32.4 Å². The van der Waals surface area contributed by atoms with Crippen LogP contribution in [0.2, 0.25) is 5.02 Å². The van der Waals surface area contributed by atoms with E-state index < -0.39 is 15.7 Å². The van der Waals surface area contributed by atoms with Gasteiger partial charge in [-0.15, -0.1) is 0 Å². The monoisotopic (exact) mass is 407 g/mol. The van der Waals surface area contributed by atoms with E-state index >= 15 is 0 Å². The van der Waals surface area contributed by atoms with E-state index in [2.05, 4.69) is 4.40 Å². The Hall–Kier alpha value is -1.56. The van der Waals surface area contributed by atoms with E-state index in [1.807, 2.05) is 64.1 Å². The van der Waals surface area contributed by atoms with Crippen molar-refractivity contribution in [1.29, 1.82) is 0 Å². The topological polar surface area (TPSA) is 38.7 Å². The zero-order valence-electron chi connectivity index (χ0n) is 15.5. The van der Waals surface area contributed by atoms with E-state index in [9.17, 15) is 4.21 Å². The van der Waals surface area contributed by atoms with Crippen molar-refractivity contribution in [3.63, 3.8) is 0 Å². The lowest BCUT2D eigenvalue weighted by atomic mass is 9.94. The second-order valence-electron chi connectivity index (χ2n) is 6.84. The average molecular weight is 408 g/mol. The minimum absolute atomic E-state index is 0.387. The number of hydrogen-bond acceptors (Lipinski definition) is 3. The molecule has 0 saturated carbocycles. The number of rotatable bonds is 4. The van der Waals surface area contributed by atoms with Gasteiger partial charge in [-0.3, -0.25) is 0 Å². The first-order valence-corrected chi connectivity index (χ1v) is 9.98. The average Bonchev–Trinajstić information content (AvgIpc) is 2.57. The third kappa shape index (κ3) is 4.78. The molecular formula is C20H22ClNO2S2. The zero-order valence-corrected chi connectivity index (χ0v) is 17.9. The molecule has 2 aromatic carbocycles. The predicted molar refractivity (Wildman–Crippen MR) is 116 cm³/mol. The van der Waals surface area contributed by atoms with Crippen LogP contribution in [-0.4, -0.2) is 27.3 Å². The summed E-state index contributed by atoms with van der Waals surface area (Å²) in [6.45, 7) is 7.62. The Bertz CT molecular complexity index is 886. The second-order valence-corrected chi connectivity index (χ2v) is 9.56. The molecule has 0 radical (unpaired) electrons. The lowest BCUT2D eigenvalue weighted by molar-refractivity contribution is 0.416. The lowest BCUT2D eigenvalue weighted by Gasteiger charge is -2.16. The zero-order chi connectivity index (χ0) is 19.5. The summed E-state index contributed by atoms with van der Waals surface area (Å²) >= 11 is 11.9. The minimum atomic E-state index is -1.36. The largest absolute Gasteiger partial charge is 0.486 e. The van der Waals surface area contributed by atoms with Crippen LogP contribution in [0.25, 0.3) is 11.1 Å². The van der Waals surface area contributed by atoms with E-state index in [1.165, 1.54) is 0 Å². The van der Waals surface area contributed by atoms with Crippen LogP contribution in [0.5, 0.6) is 0 Å². The summed E-state index contributed by atoms with van der Waals surface area (Å²) < 4.78 is 21.4. The first-order valence-electron chi connectivity index (χ1n) is 8.09. The maximum absolute atomic E-state index is 12.3.